The van der Waals surface area contributed by atoms with Crippen molar-refractivity contribution in [3.05, 3.63) is 90.4 Å². The van der Waals surface area contributed by atoms with Crippen LogP contribution in [0.2, 0.25) is 0 Å². The minimum Gasteiger partial charge on any atom is -0.497 e. The van der Waals surface area contributed by atoms with Crippen molar-refractivity contribution in [1.82, 2.24) is 14.9 Å². The molecule has 2 heterocycles. The van der Waals surface area contributed by atoms with Crippen LogP contribution >= 0.6 is 0 Å². The Morgan fingerprint density at radius 3 is 2.44 bits per heavy atom. The van der Waals surface area contributed by atoms with Crippen molar-refractivity contribution in [1.29, 1.82) is 0 Å². The molecule has 0 aliphatic rings. The van der Waals surface area contributed by atoms with E-state index in [9.17, 15) is 4.79 Å². The monoisotopic (exact) mass is 427 g/mol. The Bertz CT molecular complexity index is 1190. The van der Waals surface area contributed by atoms with E-state index in [-0.39, 0.29) is 5.91 Å². The molecule has 4 aromatic rings. The normalized spacial score (nSPS) is 10.8. The fourth-order valence-corrected chi connectivity index (χ4v) is 3.56. The van der Waals surface area contributed by atoms with Crippen LogP contribution in [-0.2, 0) is 11.3 Å². The summed E-state index contributed by atoms with van der Waals surface area (Å²) < 4.78 is 10.5. The number of nitrogens with zero attached hydrogens (tertiary/aromatic N) is 3. The van der Waals surface area contributed by atoms with Gasteiger partial charge >= 0.3 is 0 Å². The third-order valence-electron chi connectivity index (χ3n) is 5.29. The predicted molar refractivity (Wildman–Crippen MR) is 125 cm³/mol. The van der Waals surface area contributed by atoms with Crippen LogP contribution in [0.5, 0.6) is 5.75 Å². The van der Waals surface area contributed by atoms with Gasteiger partial charge in [-0.05, 0) is 35.4 Å². The molecule has 0 spiro atoms. The highest BCUT2D eigenvalue weighted by molar-refractivity contribution is 5.98. The first-order valence-corrected chi connectivity index (χ1v) is 10.4. The number of ether oxygens (including phenoxy) is 2. The fraction of sp³-hybridized carbons (Fsp3) is 0.192. The standard InChI is InChI=1S/C26H25N3O3/c1-31-15-14-29(18-19-6-4-3-5-7-19)26(30)24-13-10-21-16-27-17-23(25(21)28-24)20-8-11-22(32-2)12-9-20/h3-13,16-17H,14-15,18H2,1-2H3. The van der Waals surface area contributed by atoms with Crippen molar-refractivity contribution < 1.29 is 14.3 Å². The van der Waals surface area contributed by atoms with Gasteiger partial charge in [-0.2, -0.15) is 0 Å². The lowest BCUT2D eigenvalue weighted by atomic mass is 10.0. The van der Waals surface area contributed by atoms with Crippen LogP contribution in [0.4, 0.5) is 0 Å². The van der Waals surface area contributed by atoms with Gasteiger partial charge in [0.1, 0.15) is 11.4 Å². The lowest BCUT2D eigenvalue weighted by molar-refractivity contribution is 0.0675. The summed E-state index contributed by atoms with van der Waals surface area (Å²) in [4.78, 5) is 24.3. The van der Waals surface area contributed by atoms with Crippen molar-refractivity contribution in [3.63, 3.8) is 0 Å². The molecule has 0 aliphatic carbocycles. The molecule has 6 nitrogen and oxygen atoms in total. The van der Waals surface area contributed by atoms with Crippen molar-refractivity contribution >= 4 is 16.8 Å². The van der Waals surface area contributed by atoms with E-state index >= 15 is 0 Å². The first-order chi connectivity index (χ1) is 15.7. The zero-order valence-electron chi connectivity index (χ0n) is 18.2. The SMILES string of the molecule is COCCN(Cc1ccccc1)C(=O)c1ccc2cncc(-c3ccc(OC)cc3)c2n1. The van der Waals surface area contributed by atoms with E-state index in [4.69, 9.17) is 14.5 Å². The average Bonchev–Trinajstić information content (AvgIpc) is 2.86. The summed E-state index contributed by atoms with van der Waals surface area (Å²) in [6.45, 7) is 1.42. The molecule has 162 valence electrons. The van der Waals surface area contributed by atoms with Crippen LogP contribution in [0.3, 0.4) is 0 Å². The summed E-state index contributed by atoms with van der Waals surface area (Å²) in [6, 6.07) is 21.3. The molecule has 0 N–H and O–H groups in total. The molecule has 0 fully saturated rings. The summed E-state index contributed by atoms with van der Waals surface area (Å²) in [7, 11) is 3.27. The topological polar surface area (TPSA) is 64.5 Å². The van der Waals surface area contributed by atoms with Gasteiger partial charge in [0.05, 0.1) is 19.2 Å². The van der Waals surface area contributed by atoms with Gasteiger partial charge < -0.3 is 14.4 Å². The van der Waals surface area contributed by atoms with Gasteiger partial charge in [0.25, 0.3) is 5.91 Å². The first-order valence-electron chi connectivity index (χ1n) is 10.4. The zero-order valence-corrected chi connectivity index (χ0v) is 18.2. The molecule has 1 amide bonds. The largest absolute Gasteiger partial charge is 0.497 e. The maximum absolute atomic E-state index is 13.4. The number of fused-ring (bicyclic) bond motifs is 1. The van der Waals surface area contributed by atoms with Crippen molar-refractivity contribution in [3.8, 4) is 16.9 Å². The quantitative estimate of drug-likeness (QED) is 0.411. The molecule has 0 bridgehead atoms. The molecule has 0 saturated heterocycles. The summed E-state index contributed by atoms with van der Waals surface area (Å²) >= 11 is 0. The Balaban J connectivity index is 1.69. The molecule has 6 heteroatoms. The van der Waals surface area contributed by atoms with Crippen LogP contribution in [0.25, 0.3) is 22.0 Å². The van der Waals surface area contributed by atoms with Crippen LogP contribution < -0.4 is 4.74 Å². The molecule has 2 aromatic carbocycles. The minimum atomic E-state index is -0.134. The molecule has 2 aromatic heterocycles. The van der Waals surface area contributed by atoms with Crippen LogP contribution in [0.1, 0.15) is 16.1 Å². The molecular weight excluding hydrogens is 402 g/mol. The minimum absolute atomic E-state index is 0.134. The summed E-state index contributed by atoms with van der Waals surface area (Å²) in [6.07, 6.45) is 3.54. The number of carbonyl (C=O) groups excluding carboxylic acids is 1. The van der Waals surface area contributed by atoms with Crippen molar-refractivity contribution in [2.45, 2.75) is 6.54 Å². The lowest BCUT2D eigenvalue weighted by Gasteiger charge is -2.22. The predicted octanol–water partition coefficient (Wildman–Crippen LogP) is 4.59. The van der Waals surface area contributed by atoms with E-state index in [1.54, 1.807) is 37.6 Å². The van der Waals surface area contributed by atoms with Gasteiger partial charge in [0.2, 0.25) is 0 Å². The number of methoxy groups -OCH3 is 2. The molecular formula is C26H25N3O3. The third-order valence-corrected chi connectivity index (χ3v) is 5.29. The molecule has 0 radical (unpaired) electrons. The van der Waals surface area contributed by atoms with Gasteiger partial charge in [0, 0.05) is 43.5 Å². The second-order valence-electron chi connectivity index (χ2n) is 7.39. The van der Waals surface area contributed by atoms with Crippen LogP contribution in [-0.4, -0.2) is 48.1 Å². The maximum atomic E-state index is 13.4. The third kappa shape index (κ3) is 4.76. The average molecular weight is 428 g/mol. The Kier molecular flexibility index (Phi) is 6.72. The van der Waals surface area contributed by atoms with Gasteiger partial charge in [-0.1, -0.05) is 42.5 Å². The van der Waals surface area contributed by atoms with E-state index < -0.39 is 0 Å². The molecule has 4 rings (SSSR count). The number of pyridine rings is 2. The van der Waals surface area contributed by atoms with Gasteiger partial charge in [0.15, 0.2) is 0 Å². The highest BCUT2D eigenvalue weighted by Crippen LogP contribution is 2.28. The number of benzene rings is 2. The lowest BCUT2D eigenvalue weighted by Crippen LogP contribution is -2.34. The Hall–Kier alpha value is -3.77. The second kappa shape index (κ2) is 10.0. The number of hydrogen-bond donors (Lipinski definition) is 0. The molecule has 0 saturated carbocycles. The van der Waals surface area contributed by atoms with E-state index in [0.717, 1.165) is 33.3 Å². The number of amides is 1. The van der Waals surface area contributed by atoms with Gasteiger partial charge in [-0.25, -0.2) is 4.98 Å². The number of rotatable bonds is 8. The Labute approximate surface area is 187 Å². The smallest absolute Gasteiger partial charge is 0.272 e. The van der Waals surface area contributed by atoms with Gasteiger partial charge in [-0.15, -0.1) is 0 Å². The first kappa shape index (κ1) is 21.5. The Morgan fingerprint density at radius 2 is 1.72 bits per heavy atom. The van der Waals surface area contributed by atoms with E-state index in [1.165, 1.54) is 0 Å². The van der Waals surface area contributed by atoms with Crippen LogP contribution in [0, 0.1) is 0 Å². The number of carbonyl (C=O) groups is 1. The second-order valence-corrected chi connectivity index (χ2v) is 7.39. The fourth-order valence-electron chi connectivity index (χ4n) is 3.56. The highest BCUT2D eigenvalue weighted by Gasteiger charge is 2.19. The van der Waals surface area contributed by atoms with E-state index in [0.29, 0.717) is 25.4 Å². The number of aromatic nitrogens is 2. The molecule has 32 heavy (non-hydrogen) atoms. The van der Waals surface area contributed by atoms with E-state index in [2.05, 4.69) is 4.98 Å². The molecule has 0 unspecified atom stereocenters. The van der Waals surface area contributed by atoms with Crippen molar-refractivity contribution in [2.75, 3.05) is 27.4 Å². The maximum Gasteiger partial charge on any atom is 0.272 e. The summed E-state index contributed by atoms with van der Waals surface area (Å²) in [5, 5.41) is 0.876. The number of hydrogen-bond acceptors (Lipinski definition) is 5. The Morgan fingerprint density at radius 1 is 0.938 bits per heavy atom. The van der Waals surface area contributed by atoms with Gasteiger partial charge in [-0.3, -0.25) is 9.78 Å². The summed E-state index contributed by atoms with van der Waals surface area (Å²) in [5.41, 5.74) is 4.02. The molecule has 0 aliphatic heterocycles. The summed E-state index contributed by atoms with van der Waals surface area (Å²) in [5.74, 6) is 0.644. The zero-order chi connectivity index (χ0) is 22.3. The van der Waals surface area contributed by atoms with Crippen molar-refractivity contribution in [2.24, 2.45) is 0 Å². The van der Waals surface area contributed by atoms with Crippen LogP contribution in [0.15, 0.2) is 79.1 Å². The van der Waals surface area contributed by atoms with E-state index in [1.807, 2.05) is 60.7 Å². The highest BCUT2D eigenvalue weighted by atomic mass is 16.5. The molecule has 0 atom stereocenters.